The molecule has 0 bridgehead atoms. The third-order valence-corrected chi connectivity index (χ3v) is 9.34. The summed E-state index contributed by atoms with van der Waals surface area (Å²) in [5.41, 5.74) is 1.13. The lowest BCUT2D eigenvalue weighted by Crippen LogP contribution is -2.45. The minimum Gasteiger partial charge on any atom is -0.493 e. The Morgan fingerprint density at radius 3 is 2.03 bits per heavy atom. The molecule has 0 spiro atoms. The number of alkyl halides is 1. The molecule has 0 saturated carbocycles. The number of hydrogen-bond donors (Lipinski definition) is 0. The lowest BCUT2D eigenvalue weighted by molar-refractivity contribution is 0.104. The van der Waals surface area contributed by atoms with Crippen molar-refractivity contribution in [3.05, 3.63) is 35.4 Å². The smallest absolute Gasteiger partial charge is 0.205 e. The number of halogens is 1. The molecule has 0 fully saturated rings. The number of ether oxygens (including phenoxy) is 5. The van der Waals surface area contributed by atoms with E-state index >= 15 is 0 Å². The first kappa shape index (κ1) is 28.4. The van der Waals surface area contributed by atoms with Crippen LogP contribution in [0.3, 0.4) is 0 Å². The lowest BCUT2D eigenvalue weighted by Gasteiger charge is -2.23. The number of fused-ring (bicyclic) bond motifs is 1. The number of ketones is 1. The van der Waals surface area contributed by atoms with Crippen LogP contribution in [0.5, 0.6) is 28.7 Å². The molecule has 1 unspecified atom stereocenters. The first-order valence-corrected chi connectivity index (χ1v) is 15.5. The summed E-state index contributed by atoms with van der Waals surface area (Å²) in [7, 11) is 3.46. The summed E-state index contributed by atoms with van der Waals surface area (Å²) in [4.78, 5) is 14.2. The summed E-state index contributed by atoms with van der Waals surface area (Å²) in [6.07, 6.45) is -0.773. The SMILES string of the molecule is CCC(F)C[Si](C)(C)c1oc2c(OC(C)C)c(OC)ccc2c1C(=O)c1cc(OC)c(OC)c(OC)c1. The lowest BCUT2D eigenvalue weighted by atomic mass is 10.0. The van der Waals surface area contributed by atoms with Gasteiger partial charge in [-0.3, -0.25) is 4.79 Å². The number of methoxy groups -OCH3 is 4. The van der Waals surface area contributed by atoms with E-state index in [9.17, 15) is 9.18 Å². The second kappa shape index (κ2) is 11.5. The molecule has 202 valence electrons. The molecule has 1 heterocycles. The van der Waals surface area contributed by atoms with Crippen LogP contribution in [0.25, 0.3) is 11.0 Å². The highest BCUT2D eigenvalue weighted by Gasteiger charge is 2.38. The van der Waals surface area contributed by atoms with Crippen molar-refractivity contribution in [2.75, 3.05) is 28.4 Å². The average Bonchev–Trinajstić information content (AvgIpc) is 3.28. The summed E-state index contributed by atoms with van der Waals surface area (Å²) in [5, 5.41) is 1.09. The summed E-state index contributed by atoms with van der Waals surface area (Å²) >= 11 is 0. The zero-order chi connectivity index (χ0) is 27.5. The van der Waals surface area contributed by atoms with Gasteiger partial charge in [-0.1, -0.05) is 20.0 Å². The van der Waals surface area contributed by atoms with Crippen molar-refractivity contribution < 1.29 is 37.3 Å². The Morgan fingerprint density at radius 1 is 0.946 bits per heavy atom. The van der Waals surface area contributed by atoms with Crippen LogP contribution >= 0.6 is 0 Å². The Balaban J connectivity index is 2.36. The zero-order valence-corrected chi connectivity index (χ0v) is 24.1. The normalized spacial score (nSPS) is 12.5. The van der Waals surface area contributed by atoms with Gasteiger partial charge in [-0.15, -0.1) is 0 Å². The number of hydrogen-bond acceptors (Lipinski definition) is 7. The van der Waals surface area contributed by atoms with Crippen molar-refractivity contribution in [3.8, 4) is 28.7 Å². The van der Waals surface area contributed by atoms with Gasteiger partial charge in [-0.2, -0.15) is 0 Å². The van der Waals surface area contributed by atoms with Crippen LogP contribution in [-0.4, -0.2) is 54.6 Å². The maximum Gasteiger partial charge on any atom is 0.205 e. The van der Waals surface area contributed by atoms with E-state index in [2.05, 4.69) is 0 Å². The predicted molar refractivity (Wildman–Crippen MR) is 145 cm³/mol. The van der Waals surface area contributed by atoms with E-state index in [1.807, 2.05) is 33.9 Å². The van der Waals surface area contributed by atoms with Crippen LogP contribution in [-0.2, 0) is 0 Å². The van der Waals surface area contributed by atoms with Crippen LogP contribution in [0.2, 0.25) is 19.1 Å². The average molecular weight is 533 g/mol. The minimum atomic E-state index is -2.58. The summed E-state index contributed by atoms with van der Waals surface area (Å²) < 4.78 is 49.1. The molecule has 7 nitrogen and oxygen atoms in total. The van der Waals surface area contributed by atoms with Crippen molar-refractivity contribution in [2.24, 2.45) is 0 Å². The first-order valence-electron chi connectivity index (χ1n) is 12.3. The van der Waals surface area contributed by atoms with Crippen molar-refractivity contribution >= 4 is 30.2 Å². The van der Waals surface area contributed by atoms with E-state index in [0.29, 0.717) is 68.7 Å². The number of benzene rings is 2. The fourth-order valence-corrected chi connectivity index (χ4v) is 7.36. The van der Waals surface area contributed by atoms with Crippen molar-refractivity contribution in [3.63, 3.8) is 0 Å². The summed E-state index contributed by atoms with van der Waals surface area (Å²) in [5.74, 6) is 1.71. The van der Waals surface area contributed by atoms with Gasteiger partial charge in [0.25, 0.3) is 0 Å². The van der Waals surface area contributed by atoms with Gasteiger partial charge in [0.15, 0.2) is 28.6 Å². The van der Waals surface area contributed by atoms with E-state index < -0.39 is 14.2 Å². The topological polar surface area (TPSA) is 76.4 Å². The zero-order valence-electron chi connectivity index (χ0n) is 23.1. The highest BCUT2D eigenvalue weighted by atomic mass is 28.3. The van der Waals surface area contributed by atoms with Crippen molar-refractivity contribution in [2.45, 2.75) is 58.6 Å². The molecule has 2 aromatic carbocycles. The van der Waals surface area contributed by atoms with Gasteiger partial charge in [0.2, 0.25) is 11.5 Å². The Hall–Kier alpha value is -3.20. The van der Waals surface area contributed by atoms with Crippen LogP contribution in [0, 0.1) is 0 Å². The molecular formula is C28H37FO7Si. The molecule has 1 atom stereocenters. The molecule has 0 amide bonds. The molecule has 0 aliphatic heterocycles. The molecule has 3 aromatic rings. The molecule has 9 heteroatoms. The van der Waals surface area contributed by atoms with E-state index in [4.69, 9.17) is 28.1 Å². The van der Waals surface area contributed by atoms with Gasteiger partial charge in [-0.05, 0) is 50.6 Å². The van der Waals surface area contributed by atoms with Crippen LogP contribution < -0.4 is 29.1 Å². The summed E-state index contributed by atoms with van der Waals surface area (Å²) in [6.45, 7) is 9.64. The fraction of sp³-hybridized carbons (Fsp3) is 0.464. The Labute approximate surface area is 218 Å². The second-order valence-electron chi connectivity index (χ2n) is 9.78. The van der Waals surface area contributed by atoms with Crippen LogP contribution in [0.4, 0.5) is 4.39 Å². The Bertz CT molecular complexity index is 1240. The monoisotopic (exact) mass is 532 g/mol. The third-order valence-electron chi connectivity index (χ3n) is 6.29. The minimum absolute atomic E-state index is 0.164. The molecule has 0 radical (unpaired) electrons. The second-order valence-corrected chi connectivity index (χ2v) is 14.4. The molecule has 0 aliphatic rings. The maximum absolute atomic E-state index is 14.7. The van der Waals surface area contributed by atoms with Crippen molar-refractivity contribution in [1.82, 2.24) is 0 Å². The number of carbonyl (C=O) groups excluding carboxylic acids is 1. The number of furan rings is 1. The Morgan fingerprint density at radius 2 is 1.54 bits per heavy atom. The number of rotatable bonds is 12. The van der Waals surface area contributed by atoms with Crippen LogP contribution in [0.15, 0.2) is 28.7 Å². The van der Waals surface area contributed by atoms with Gasteiger partial charge < -0.3 is 28.1 Å². The fourth-order valence-electron chi connectivity index (χ4n) is 4.48. The van der Waals surface area contributed by atoms with Crippen LogP contribution in [0.1, 0.15) is 43.1 Å². The van der Waals surface area contributed by atoms with Gasteiger partial charge in [0, 0.05) is 10.9 Å². The molecular weight excluding hydrogens is 495 g/mol. The maximum atomic E-state index is 14.7. The summed E-state index contributed by atoms with van der Waals surface area (Å²) in [6, 6.07) is 7.08. The third kappa shape index (κ3) is 5.56. The molecule has 0 aliphatic carbocycles. The molecule has 0 N–H and O–H groups in total. The number of carbonyl (C=O) groups is 1. The van der Waals surface area contributed by atoms with E-state index in [1.54, 1.807) is 31.4 Å². The first-order chi connectivity index (χ1) is 17.5. The molecule has 0 saturated heterocycles. The van der Waals surface area contributed by atoms with Gasteiger partial charge in [0.05, 0.1) is 51.7 Å². The Kier molecular flexibility index (Phi) is 8.78. The molecule has 3 rings (SSSR count). The predicted octanol–water partition coefficient (Wildman–Crippen LogP) is 6.15. The van der Waals surface area contributed by atoms with Gasteiger partial charge >= 0.3 is 0 Å². The van der Waals surface area contributed by atoms with Crippen molar-refractivity contribution in [1.29, 1.82) is 0 Å². The highest BCUT2D eigenvalue weighted by Crippen LogP contribution is 2.42. The quantitative estimate of drug-likeness (QED) is 0.205. The molecule has 37 heavy (non-hydrogen) atoms. The van der Waals surface area contributed by atoms with E-state index in [0.717, 1.165) is 0 Å². The van der Waals surface area contributed by atoms with E-state index in [1.165, 1.54) is 21.3 Å². The largest absolute Gasteiger partial charge is 0.493 e. The standard InChI is InChI=1S/C28H37FO7Si/c1-10-18(29)15-37(8,9)28-23(19-11-12-20(31-4)27(25(19)36-28)35-16(2)3)24(30)17-13-21(32-5)26(34-7)22(14-17)33-6/h11-14,16,18H,10,15H2,1-9H3. The molecule has 1 aromatic heterocycles. The van der Waals surface area contributed by atoms with E-state index in [-0.39, 0.29) is 11.9 Å². The highest BCUT2D eigenvalue weighted by molar-refractivity contribution is 6.90. The van der Waals surface area contributed by atoms with Gasteiger partial charge in [0.1, 0.15) is 8.07 Å². The van der Waals surface area contributed by atoms with Gasteiger partial charge in [-0.25, -0.2) is 4.39 Å².